The number of carbonyl (C=O) groups excluding carboxylic acids is 1. The van der Waals surface area contributed by atoms with Crippen LogP contribution in [0.4, 0.5) is 4.79 Å². The lowest BCUT2D eigenvalue weighted by molar-refractivity contribution is 0.0817. The lowest BCUT2D eigenvalue weighted by Gasteiger charge is -2.36. The first kappa shape index (κ1) is 24.4. The first-order valence-corrected chi connectivity index (χ1v) is 13.0. The maximum Gasteiger partial charge on any atom is 0.407 e. The van der Waals surface area contributed by atoms with Crippen LogP contribution in [0.1, 0.15) is 52.5 Å². The van der Waals surface area contributed by atoms with Gasteiger partial charge in [0.05, 0.1) is 17.0 Å². The van der Waals surface area contributed by atoms with E-state index in [4.69, 9.17) is 0 Å². The number of likely N-dealkylation sites (tertiary alicyclic amines) is 2. The number of fused-ring (bicyclic) bond motifs is 1. The Balaban J connectivity index is 1.21. The molecule has 0 aliphatic carbocycles. The molecule has 2 atom stereocenters. The van der Waals surface area contributed by atoms with Gasteiger partial charge in [-0.3, -0.25) is 9.69 Å². The van der Waals surface area contributed by atoms with Crippen molar-refractivity contribution in [1.82, 2.24) is 24.7 Å². The zero-order valence-corrected chi connectivity index (χ0v) is 21.1. The molecule has 4 heterocycles. The molecule has 1 N–H and O–H groups in total. The Bertz CT molecular complexity index is 1120. The average Bonchev–Trinajstić information content (AvgIpc) is 3.44. The van der Waals surface area contributed by atoms with E-state index in [9.17, 15) is 14.7 Å². The third kappa shape index (κ3) is 5.00. The van der Waals surface area contributed by atoms with E-state index in [2.05, 4.69) is 51.4 Å². The van der Waals surface area contributed by atoms with Gasteiger partial charge in [0.1, 0.15) is 6.33 Å². The molecule has 3 aliphatic heterocycles. The highest BCUT2D eigenvalue weighted by molar-refractivity contribution is 5.97. The minimum atomic E-state index is -0.806. The fraction of sp³-hybridized carbons (Fsp3) is 0.500. The Morgan fingerprint density at radius 1 is 1.06 bits per heavy atom. The third-order valence-electron chi connectivity index (χ3n) is 8.21. The van der Waals surface area contributed by atoms with Gasteiger partial charge in [-0.25, -0.2) is 14.8 Å². The molecule has 8 heteroatoms. The zero-order valence-electron chi connectivity index (χ0n) is 21.1. The predicted octanol–water partition coefficient (Wildman–Crippen LogP) is 3.93. The van der Waals surface area contributed by atoms with Gasteiger partial charge in [0.25, 0.3) is 5.91 Å². The van der Waals surface area contributed by atoms with Crippen LogP contribution in [-0.4, -0.2) is 81.0 Å². The number of piperidine rings is 1. The van der Waals surface area contributed by atoms with E-state index in [0.29, 0.717) is 43.0 Å². The molecule has 2 fully saturated rings. The van der Waals surface area contributed by atoms with Crippen LogP contribution in [0.15, 0.2) is 48.4 Å². The van der Waals surface area contributed by atoms with Crippen molar-refractivity contribution in [2.75, 3.05) is 39.3 Å². The van der Waals surface area contributed by atoms with Crippen molar-refractivity contribution in [2.24, 2.45) is 11.8 Å². The monoisotopic (exact) mass is 489 g/mol. The maximum absolute atomic E-state index is 13.2. The van der Waals surface area contributed by atoms with E-state index in [-0.39, 0.29) is 5.91 Å². The lowest BCUT2D eigenvalue weighted by atomic mass is 9.78. The summed E-state index contributed by atoms with van der Waals surface area (Å²) in [4.78, 5) is 38.9. The Kier molecular flexibility index (Phi) is 7.05. The summed E-state index contributed by atoms with van der Waals surface area (Å²) < 4.78 is 0. The van der Waals surface area contributed by atoms with Crippen LogP contribution in [0.3, 0.4) is 0 Å². The molecule has 2 amide bonds. The van der Waals surface area contributed by atoms with Crippen LogP contribution < -0.4 is 0 Å². The van der Waals surface area contributed by atoms with Gasteiger partial charge in [0.15, 0.2) is 0 Å². The number of carboxylic acid groups (broad SMARTS) is 1. The third-order valence-corrected chi connectivity index (χ3v) is 8.21. The standard InChI is InChI=1S/C28H35N5O3/c1-19-26(20(2)30-18-29-19)27(34)33-16-23-14-31(15-24(23)17-33)11-10-25(21-6-4-3-5-7-21)22-8-12-32(13-9-22)28(35)36/h3-7,16,18,22,24-25H,8-15,17H2,1-2H3,(H,35,36). The molecule has 0 saturated carbocycles. The zero-order chi connectivity index (χ0) is 25.2. The van der Waals surface area contributed by atoms with Gasteiger partial charge in [-0.1, -0.05) is 30.3 Å². The van der Waals surface area contributed by atoms with Crippen LogP contribution in [0, 0.1) is 25.7 Å². The summed E-state index contributed by atoms with van der Waals surface area (Å²) >= 11 is 0. The Morgan fingerprint density at radius 3 is 2.39 bits per heavy atom. The topological polar surface area (TPSA) is 89.9 Å². The van der Waals surface area contributed by atoms with E-state index >= 15 is 0 Å². The van der Waals surface area contributed by atoms with Gasteiger partial charge in [-0.05, 0) is 62.6 Å². The number of hydrogen-bond acceptors (Lipinski definition) is 5. The maximum atomic E-state index is 13.2. The summed E-state index contributed by atoms with van der Waals surface area (Å²) in [5, 5.41) is 9.33. The number of benzene rings is 1. The second-order valence-electron chi connectivity index (χ2n) is 10.4. The molecule has 1 aromatic heterocycles. The van der Waals surface area contributed by atoms with E-state index in [1.54, 1.807) is 4.90 Å². The number of aryl methyl sites for hydroxylation is 2. The Labute approximate surface area is 212 Å². The van der Waals surface area contributed by atoms with Crippen molar-refractivity contribution in [3.05, 3.63) is 70.9 Å². The molecule has 190 valence electrons. The van der Waals surface area contributed by atoms with Gasteiger partial charge >= 0.3 is 6.09 Å². The summed E-state index contributed by atoms with van der Waals surface area (Å²) in [7, 11) is 0. The molecule has 2 saturated heterocycles. The van der Waals surface area contributed by atoms with Crippen molar-refractivity contribution in [2.45, 2.75) is 39.0 Å². The van der Waals surface area contributed by atoms with Crippen molar-refractivity contribution >= 4 is 12.0 Å². The Hall–Kier alpha value is -3.26. The second kappa shape index (κ2) is 10.4. The fourth-order valence-electron chi connectivity index (χ4n) is 6.24. The molecule has 36 heavy (non-hydrogen) atoms. The molecule has 5 rings (SSSR count). The van der Waals surface area contributed by atoms with Crippen molar-refractivity contribution < 1.29 is 14.7 Å². The van der Waals surface area contributed by atoms with E-state index in [0.717, 1.165) is 50.3 Å². The summed E-state index contributed by atoms with van der Waals surface area (Å²) in [6.45, 7) is 8.56. The van der Waals surface area contributed by atoms with Crippen molar-refractivity contribution in [3.8, 4) is 0 Å². The van der Waals surface area contributed by atoms with Gasteiger partial charge < -0.3 is 14.9 Å². The molecule has 2 aromatic rings. The highest BCUT2D eigenvalue weighted by atomic mass is 16.4. The summed E-state index contributed by atoms with van der Waals surface area (Å²) in [5.41, 5.74) is 4.77. The van der Waals surface area contributed by atoms with Crippen LogP contribution >= 0.6 is 0 Å². The smallest absolute Gasteiger partial charge is 0.407 e. The molecule has 2 unspecified atom stereocenters. The first-order chi connectivity index (χ1) is 17.4. The molecule has 0 radical (unpaired) electrons. The number of nitrogens with zero attached hydrogens (tertiary/aromatic N) is 5. The Morgan fingerprint density at radius 2 is 1.75 bits per heavy atom. The van der Waals surface area contributed by atoms with Crippen LogP contribution in [0.2, 0.25) is 0 Å². The fourth-order valence-corrected chi connectivity index (χ4v) is 6.24. The van der Waals surface area contributed by atoms with Gasteiger partial charge in [-0.15, -0.1) is 0 Å². The van der Waals surface area contributed by atoms with Crippen molar-refractivity contribution in [1.29, 1.82) is 0 Å². The van der Waals surface area contributed by atoms with E-state index in [1.165, 1.54) is 17.5 Å². The van der Waals surface area contributed by atoms with Crippen molar-refractivity contribution in [3.63, 3.8) is 0 Å². The minimum absolute atomic E-state index is 0.00380. The second-order valence-corrected chi connectivity index (χ2v) is 10.4. The quantitative estimate of drug-likeness (QED) is 0.661. The summed E-state index contributed by atoms with van der Waals surface area (Å²) in [5.74, 6) is 1.31. The largest absolute Gasteiger partial charge is 0.465 e. The SMILES string of the molecule is Cc1ncnc(C)c1C(=O)N1C=C2CN(CCC(c3ccccc3)C3CCN(C(=O)O)CC3)CC2C1. The highest BCUT2D eigenvalue weighted by Crippen LogP contribution is 2.37. The molecular formula is C28H35N5O3. The van der Waals surface area contributed by atoms with E-state index in [1.807, 2.05) is 18.7 Å². The van der Waals surface area contributed by atoms with Gasteiger partial charge in [0.2, 0.25) is 0 Å². The summed E-state index contributed by atoms with van der Waals surface area (Å²) in [6, 6.07) is 10.7. The number of hydrogen-bond donors (Lipinski definition) is 1. The molecule has 8 nitrogen and oxygen atoms in total. The summed E-state index contributed by atoms with van der Waals surface area (Å²) in [6.07, 6.45) is 5.64. The highest BCUT2D eigenvalue weighted by Gasteiger charge is 2.37. The average molecular weight is 490 g/mol. The molecule has 0 bridgehead atoms. The van der Waals surface area contributed by atoms with Crippen LogP contribution in [-0.2, 0) is 0 Å². The van der Waals surface area contributed by atoms with Crippen LogP contribution in [0.5, 0.6) is 0 Å². The normalized spacial score (nSPS) is 21.4. The van der Waals surface area contributed by atoms with Crippen LogP contribution in [0.25, 0.3) is 0 Å². The molecular weight excluding hydrogens is 454 g/mol. The number of aromatic nitrogens is 2. The first-order valence-electron chi connectivity index (χ1n) is 13.0. The molecule has 0 spiro atoms. The lowest BCUT2D eigenvalue weighted by Crippen LogP contribution is -2.39. The molecule has 3 aliphatic rings. The predicted molar refractivity (Wildman–Crippen MR) is 137 cm³/mol. The minimum Gasteiger partial charge on any atom is -0.465 e. The number of rotatable bonds is 6. The van der Waals surface area contributed by atoms with E-state index < -0.39 is 6.09 Å². The van der Waals surface area contributed by atoms with Gasteiger partial charge in [-0.2, -0.15) is 0 Å². The molecule has 1 aromatic carbocycles. The van der Waals surface area contributed by atoms with Gasteiger partial charge in [0, 0.05) is 44.8 Å². The number of carbonyl (C=O) groups is 2. The number of amides is 2.